The lowest BCUT2D eigenvalue weighted by molar-refractivity contribution is 0.0683. The average Bonchev–Trinajstić information content (AvgIpc) is 2.95. The Hall–Kier alpha value is -1.61. The average molecular weight is 331 g/mol. The van der Waals surface area contributed by atoms with Crippen LogP contribution in [0, 0.1) is 0 Å². The molecular weight excluding hydrogens is 310 g/mol. The summed E-state index contributed by atoms with van der Waals surface area (Å²) >= 11 is 0. The van der Waals surface area contributed by atoms with E-state index in [4.69, 9.17) is 9.26 Å². The highest BCUT2D eigenvalue weighted by Gasteiger charge is 2.35. The van der Waals surface area contributed by atoms with Gasteiger partial charge in [-0.05, 0) is 24.9 Å². The van der Waals surface area contributed by atoms with E-state index in [9.17, 15) is 13.2 Å². The highest BCUT2D eigenvalue weighted by atomic mass is 32.2. The number of rotatable bonds is 5. The molecule has 2 heterocycles. The minimum Gasteiger partial charge on any atom is -0.476 e. The summed E-state index contributed by atoms with van der Waals surface area (Å²) in [7, 11) is -0.382. The predicted molar refractivity (Wildman–Crippen MR) is 79.2 cm³/mol. The molecule has 1 aromatic rings. The van der Waals surface area contributed by atoms with Crippen molar-refractivity contribution in [1.82, 2.24) is 14.4 Å². The molecule has 0 aliphatic carbocycles. The van der Waals surface area contributed by atoms with Gasteiger partial charge in [-0.1, -0.05) is 0 Å². The molecule has 1 fully saturated rings. The Kier molecular flexibility index (Phi) is 5.07. The van der Waals surface area contributed by atoms with E-state index in [1.807, 2.05) is 0 Å². The summed E-state index contributed by atoms with van der Waals surface area (Å²) in [5.41, 5.74) is 0. The molecule has 9 heteroatoms. The maximum Gasteiger partial charge on any atom is 0.292 e. The Bertz CT molecular complexity index is 625. The van der Waals surface area contributed by atoms with Crippen LogP contribution in [0.1, 0.15) is 30.3 Å². The minimum absolute atomic E-state index is 0.0614. The lowest BCUT2D eigenvalue weighted by Crippen LogP contribution is -2.48. The van der Waals surface area contributed by atoms with E-state index in [2.05, 4.69) is 5.16 Å². The van der Waals surface area contributed by atoms with E-state index in [0.29, 0.717) is 26.0 Å². The fourth-order valence-electron chi connectivity index (χ4n) is 2.40. The van der Waals surface area contributed by atoms with Gasteiger partial charge in [0.25, 0.3) is 11.8 Å². The maximum absolute atomic E-state index is 12.4. The number of ether oxygens (including phenoxy) is 1. The largest absolute Gasteiger partial charge is 0.476 e. The van der Waals surface area contributed by atoms with Gasteiger partial charge >= 0.3 is 0 Å². The Labute approximate surface area is 130 Å². The third kappa shape index (κ3) is 3.41. The maximum atomic E-state index is 12.4. The Balaban J connectivity index is 2.10. The first-order valence-corrected chi connectivity index (χ1v) is 8.66. The third-order valence-electron chi connectivity index (χ3n) is 3.59. The highest BCUT2D eigenvalue weighted by Crippen LogP contribution is 2.21. The van der Waals surface area contributed by atoms with Crippen molar-refractivity contribution in [3.8, 4) is 5.88 Å². The first-order valence-electron chi connectivity index (χ1n) is 7.16. The van der Waals surface area contributed by atoms with Crippen LogP contribution < -0.4 is 4.74 Å². The number of aromatic nitrogens is 1. The van der Waals surface area contributed by atoms with Crippen LogP contribution in [0.2, 0.25) is 0 Å². The van der Waals surface area contributed by atoms with E-state index in [-0.39, 0.29) is 24.1 Å². The van der Waals surface area contributed by atoms with Crippen LogP contribution in [0.15, 0.2) is 10.6 Å². The lowest BCUT2D eigenvalue weighted by atomic mass is 10.1. The van der Waals surface area contributed by atoms with Crippen LogP contribution in [-0.4, -0.2) is 67.7 Å². The van der Waals surface area contributed by atoms with Crippen molar-refractivity contribution in [2.75, 3.05) is 33.8 Å². The quantitative estimate of drug-likeness (QED) is 0.783. The molecule has 0 radical (unpaired) electrons. The topological polar surface area (TPSA) is 93.0 Å². The molecule has 22 heavy (non-hydrogen) atoms. The number of amides is 1. The molecule has 1 aromatic heterocycles. The smallest absolute Gasteiger partial charge is 0.292 e. The van der Waals surface area contributed by atoms with Gasteiger partial charge < -0.3 is 14.2 Å². The highest BCUT2D eigenvalue weighted by molar-refractivity contribution is 7.89. The number of carbonyl (C=O) groups is 1. The van der Waals surface area contributed by atoms with Gasteiger partial charge in [0, 0.05) is 27.2 Å². The van der Waals surface area contributed by atoms with Crippen molar-refractivity contribution in [3.05, 3.63) is 11.8 Å². The second kappa shape index (κ2) is 6.66. The van der Waals surface area contributed by atoms with E-state index in [0.717, 1.165) is 0 Å². The van der Waals surface area contributed by atoms with E-state index < -0.39 is 15.3 Å². The zero-order chi connectivity index (χ0) is 16.3. The van der Waals surface area contributed by atoms with Gasteiger partial charge in [-0.25, -0.2) is 12.7 Å². The fourth-order valence-corrected chi connectivity index (χ4v) is 3.82. The van der Waals surface area contributed by atoms with E-state index >= 15 is 0 Å². The van der Waals surface area contributed by atoms with Gasteiger partial charge in [-0.3, -0.25) is 4.79 Å². The zero-order valence-corrected chi connectivity index (χ0v) is 13.8. The van der Waals surface area contributed by atoms with Crippen molar-refractivity contribution in [2.45, 2.75) is 25.0 Å². The van der Waals surface area contributed by atoms with Crippen molar-refractivity contribution >= 4 is 15.9 Å². The molecule has 1 atom stereocenters. The number of hydrogen-bond acceptors (Lipinski definition) is 6. The molecule has 0 N–H and O–H groups in total. The molecule has 1 aliphatic rings. The number of likely N-dealkylation sites (tertiary alicyclic amines) is 1. The minimum atomic E-state index is -3.38. The van der Waals surface area contributed by atoms with Crippen LogP contribution in [0.4, 0.5) is 0 Å². The lowest BCUT2D eigenvalue weighted by Gasteiger charge is -2.33. The van der Waals surface area contributed by atoms with Crippen molar-refractivity contribution in [2.24, 2.45) is 0 Å². The molecule has 0 bridgehead atoms. The Morgan fingerprint density at radius 3 is 2.91 bits per heavy atom. The predicted octanol–water partition coefficient (Wildman–Crippen LogP) is 0.569. The summed E-state index contributed by atoms with van der Waals surface area (Å²) in [6.45, 7) is 2.89. The first-order chi connectivity index (χ1) is 10.4. The molecule has 0 spiro atoms. The van der Waals surface area contributed by atoms with Gasteiger partial charge in [-0.2, -0.15) is 0 Å². The normalized spacial score (nSPS) is 19.5. The second-order valence-electron chi connectivity index (χ2n) is 5.31. The number of carbonyl (C=O) groups excluding carboxylic acids is 1. The molecule has 8 nitrogen and oxygen atoms in total. The van der Waals surface area contributed by atoms with Gasteiger partial charge in [0.1, 0.15) is 0 Å². The van der Waals surface area contributed by atoms with Gasteiger partial charge in [0.2, 0.25) is 15.8 Å². The number of hydrogen-bond donors (Lipinski definition) is 0. The number of piperidine rings is 1. The van der Waals surface area contributed by atoms with Crippen LogP contribution in [-0.2, 0) is 10.0 Å². The van der Waals surface area contributed by atoms with Gasteiger partial charge in [0.15, 0.2) is 0 Å². The van der Waals surface area contributed by atoms with E-state index in [1.165, 1.54) is 29.4 Å². The zero-order valence-electron chi connectivity index (χ0n) is 13.0. The first kappa shape index (κ1) is 16.8. The van der Waals surface area contributed by atoms with Crippen LogP contribution in [0.3, 0.4) is 0 Å². The molecule has 1 saturated heterocycles. The van der Waals surface area contributed by atoms with Crippen LogP contribution in [0.25, 0.3) is 0 Å². The molecule has 1 aliphatic heterocycles. The van der Waals surface area contributed by atoms with Crippen LogP contribution in [0.5, 0.6) is 5.88 Å². The number of sulfonamides is 1. The summed E-state index contributed by atoms with van der Waals surface area (Å²) in [5.74, 6) is -0.0521. The van der Waals surface area contributed by atoms with Crippen molar-refractivity contribution in [3.63, 3.8) is 0 Å². The SMILES string of the molecule is CCOc1cc(C(=O)N2CCCC(S(=O)(=O)N(C)C)C2)on1. The van der Waals surface area contributed by atoms with Crippen molar-refractivity contribution < 1.29 is 22.5 Å². The summed E-state index contributed by atoms with van der Waals surface area (Å²) in [6.07, 6.45) is 1.18. The third-order valence-corrected chi connectivity index (χ3v) is 5.83. The summed E-state index contributed by atoms with van der Waals surface area (Å²) in [5, 5.41) is 3.06. The molecule has 2 rings (SSSR count). The standard InChI is InChI=1S/C13H21N3O5S/c1-4-20-12-8-11(21-14-12)13(17)16-7-5-6-10(9-16)22(18,19)15(2)3/h8,10H,4-7,9H2,1-3H3. The number of nitrogens with zero attached hydrogens (tertiary/aromatic N) is 3. The summed E-state index contributed by atoms with van der Waals surface area (Å²) in [6, 6.07) is 1.43. The fraction of sp³-hybridized carbons (Fsp3) is 0.692. The summed E-state index contributed by atoms with van der Waals surface area (Å²) < 4.78 is 35.8. The molecule has 1 unspecified atom stereocenters. The Morgan fingerprint density at radius 2 is 2.27 bits per heavy atom. The van der Waals surface area contributed by atoms with Crippen molar-refractivity contribution in [1.29, 1.82) is 0 Å². The summed E-state index contributed by atoms with van der Waals surface area (Å²) in [4.78, 5) is 13.9. The van der Waals surface area contributed by atoms with Crippen LogP contribution >= 0.6 is 0 Å². The van der Waals surface area contributed by atoms with Gasteiger partial charge in [0.05, 0.1) is 17.9 Å². The molecule has 0 aromatic carbocycles. The molecule has 0 saturated carbocycles. The molecule has 1 amide bonds. The molecule has 124 valence electrons. The van der Waals surface area contributed by atoms with E-state index in [1.54, 1.807) is 6.92 Å². The molecular formula is C13H21N3O5S. The second-order valence-corrected chi connectivity index (χ2v) is 7.73. The Morgan fingerprint density at radius 1 is 1.55 bits per heavy atom. The van der Waals surface area contributed by atoms with Gasteiger partial charge in [-0.15, -0.1) is 0 Å². The monoisotopic (exact) mass is 331 g/mol.